The second-order valence-corrected chi connectivity index (χ2v) is 9.14. The number of nitrogens with zero attached hydrogens (tertiary/aromatic N) is 2. The third kappa shape index (κ3) is 4.32. The van der Waals surface area contributed by atoms with Crippen molar-refractivity contribution in [2.45, 2.75) is 6.10 Å². The molecule has 0 bridgehead atoms. The van der Waals surface area contributed by atoms with Gasteiger partial charge in [-0.25, -0.2) is 18.4 Å². The van der Waals surface area contributed by atoms with Crippen molar-refractivity contribution in [1.82, 2.24) is 15.0 Å². The number of nitrogens with one attached hydrogen (secondary N) is 3. The second kappa shape index (κ2) is 7.86. The Morgan fingerprint density at radius 2 is 2.10 bits per heavy atom. The maximum absolute atomic E-state index is 12.5. The molecule has 4 aromatic rings. The molecule has 1 atom stereocenters. The molecule has 11 heteroatoms. The van der Waals surface area contributed by atoms with E-state index in [9.17, 15) is 18.3 Å². The van der Waals surface area contributed by atoms with Gasteiger partial charge >= 0.3 is 0 Å². The Labute approximate surface area is 175 Å². The summed E-state index contributed by atoms with van der Waals surface area (Å²) in [4.78, 5) is 24.2. The third-order valence-corrected chi connectivity index (χ3v) is 5.58. The molecule has 4 rings (SSSR count). The molecule has 154 valence electrons. The summed E-state index contributed by atoms with van der Waals surface area (Å²) in [5.74, 6) is -0.673. The Bertz CT molecular complexity index is 1330. The molecule has 0 radical (unpaired) electrons. The number of carbonyl (C=O) groups is 1. The van der Waals surface area contributed by atoms with Gasteiger partial charge in [0.25, 0.3) is 5.91 Å². The molecule has 3 aromatic heterocycles. The van der Waals surface area contributed by atoms with Gasteiger partial charge in [-0.3, -0.25) is 14.8 Å². The number of hydrogen-bond acceptors (Lipinski definition) is 7. The average molecular weight is 444 g/mol. The lowest BCUT2D eigenvalue weighted by Gasteiger charge is -2.12. The van der Waals surface area contributed by atoms with Crippen LogP contribution in [-0.4, -0.2) is 40.6 Å². The number of anilines is 2. The Hall–Kier alpha value is -3.28. The fourth-order valence-corrected chi connectivity index (χ4v) is 4.20. The average Bonchev–Trinajstić information content (AvgIpc) is 3.32. The zero-order valence-corrected chi connectivity index (χ0v) is 17.3. The summed E-state index contributed by atoms with van der Waals surface area (Å²) in [6.45, 7) is 0. The highest BCUT2D eigenvalue weighted by atomic mass is 32.2. The van der Waals surface area contributed by atoms with Crippen molar-refractivity contribution in [3.05, 3.63) is 59.7 Å². The Kier molecular flexibility index (Phi) is 5.24. The van der Waals surface area contributed by atoms with E-state index in [4.69, 9.17) is 0 Å². The van der Waals surface area contributed by atoms with Gasteiger partial charge in [-0.2, -0.15) is 0 Å². The molecule has 0 spiro atoms. The summed E-state index contributed by atoms with van der Waals surface area (Å²) < 4.78 is 25.1. The summed E-state index contributed by atoms with van der Waals surface area (Å²) in [6.07, 6.45) is 3.02. The van der Waals surface area contributed by atoms with Gasteiger partial charge in [-0.15, -0.1) is 11.3 Å². The van der Waals surface area contributed by atoms with E-state index in [-0.39, 0.29) is 11.3 Å². The van der Waals surface area contributed by atoms with E-state index < -0.39 is 22.0 Å². The standard InChI is InChI=1S/C19H17N5O4S2/c1-30(27,28)24-12-5-2-4-11(8-12)16(25)18(26)23-19-22-15(10-29-19)14-9-21-17-13(14)6-3-7-20-17/h2-10,16,24-25H,1H3,(H,20,21)(H,22,23,26). The predicted molar refractivity (Wildman–Crippen MR) is 116 cm³/mol. The number of thiazole rings is 1. The molecule has 1 aromatic carbocycles. The van der Waals surface area contributed by atoms with E-state index in [0.29, 0.717) is 10.8 Å². The number of rotatable bonds is 6. The van der Waals surface area contributed by atoms with E-state index in [1.54, 1.807) is 23.8 Å². The van der Waals surface area contributed by atoms with Crippen molar-refractivity contribution < 1.29 is 18.3 Å². The number of aliphatic hydroxyl groups excluding tert-OH is 1. The molecule has 0 aliphatic heterocycles. The lowest BCUT2D eigenvalue weighted by atomic mass is 10.1. The highest BCUT2D eigenvalue weighted by molar-refractivity contribution is 7.92. The van der Waals surface area contributed by atoms with Crippen LogP contribution in [0, 0.1) is 0 Å². The maximum atomic E-state index is 12.5. The van der Waals surface area contributed by atoms with Crippen LogP contribution < -0.4 is 10.0 Å². The van der Waals surface area contributed by atoms with Crippen molar-refractivity contribution in [1.29, 1.82) is 0 Å². The molecule has 3 heterocycles. The van der Waals surface area contributed by atoms with Crippen LogP contribution >= 0.6 is 11.3 Å². The molecule has 1 unspecified atom stereocenters. The molecule has 1 amide bonds. The van der Waals surface area contributed by atoms with Crippen molar-refractivity contribution in [3.63, 3.8) is 0 Å². The minimum absolute atomic E-state index is 0.251. The van der Waals surface area contributed by atoms with Crippen molar-refractivity contribution in [2.75, 3.05) is 16.3 Å². The number of carbonyl (C=O) groups excluding carboxylic acids is 1. The van der Waals surface area contributed by atoms with Crippen molar-refractivity contribution in [3.8, 4) is 11.3 Å². The molecule has 30 heavy (non-hydrogen) atoms. The van der Waals surface area contributed by atoms with Crippen LogP contribution in [-0.2, 0) is 14.8 Å². The van der Waals surface area contributed by atoms with Crippen LogP contribution in [0.3, 0.4) is 0 Å². The summed E-state index contributed by atoms with van der Waals surface area (Å²) >= 11 is 1.23. The molecular formula is C19H17N5O4S2. The summed E-state index contributed by atoms with van der Waals surface area (Å²) in [6, 6.07) is 9.76. The van der Waals surface area contributed by atoms with E-state index in [1.165, 1.54) is 29.5 Å². The van der Waals surface area contributed by atoms with Gasteiger partial charge < -0.3 is 10.1 Å². The number of H-pyrrole nitrogens is 1. The monoisotopic (exact) mass is 443 g/mol. The summed E-state index contributed by atoms with van der Waals surface area (Å²) in [7, 11) is -3.47. The third-order valence-electron chi connectivity index (χ3n) is 4.22. The summed E-state index contributed by atoms with van der Waals surface area (Å²) in [5.41, 5.74) is 2.77. The minimum atomic E-state index is -3.47. The van der Waals surface area contributed by atoms with Crippen LogP contribution in [0.25, 0.3) is 22.3 Å². The van der Waals surface area contributed by atoms with E-state index in [2.05, 4.69) is 25.0 Å². The number of sulfonamides is 1. The molecule has 0 aliphatic rings. The van der Waals surface area contributed by atoms with Gasteiger partial charge in [0.15, 0.2) is 11.2 Å². The number of aliphatic hydroxyl groups is 1. The molecular weight excluding hydrogens is 426 g/mol. The summed E-state index contributed by atoms with van der Waals surface area (Å²) in [5, 5.41) is 16.0. The lowest BCUT2D eigenvalue weighted by Crippen LogP contribution is -2.21. The van der Waals surface area contributed by atoms with E-state index in [0.717, 1.165) is 22.9 Å². The molecule has 0 aliphatic carbocycles. The zero-order chi connectivity index (χ0) is 21.3. The first-order valence-corrected chi connectivity index (χ1v) is 11.5. The van der Waals surface area contributed by atoms with Crippen molar-refractivity contribution >= 4 is 49.1 Å². The number of benzene rings is 1. The molecule has 0 fully saturated rings. The van der Waals surface area contributed by atoms with Crippen LogP contribution in [0.4, 0.5) is 10.8 Å². The number of pyridine rings is 1. The van der Waals surface area contributed by atoms with Gasteiger partial charge in [0.2, 0.25) is 10.0 Å². The van der Waals surface area contributed by atoms with Gasteiger partial charge in [0.05, 0.1) is 11.9 Å². The lowest BCUT2D eigenvalue weighted by molar-refractivity contribution is -0.124. The van der Waals surface area contributed by atoms with Crippen molar-refractivity contribution in [2.24, 2.45) is 0 Å². The molecule has 9 nitrogen and oxygen atoms in total. The van der Waals surface area contributed by atoms with Crippen LogP contribution in [0.15, 0.2) is 54.2 Å². The minimum Gasteiger partial charge on any atom is -0.378 e. The smallest absolute Gasteiger partial charge is 0.259 e. The Morgan fingerprint density at radius 1 is 1.27 bits per heavy atom. The number of amides is 1. The fraction of sp³-hybridized carbons (Fsp3) is 0.105. The quantitative estimate of drug-likeness (QED) is 0.362. The number of aromatic nitrogens is 3. The fourth-order valence-electron chi connectivity index (χ4n) is 2.93. The number of fused-ring (bicyclic) bond motifs is 1. The SMILES string of the molecule is CS(=O)(=O)Nc1cccc(C(O)C(=O)Nc2nc(-c3c[nH]c4ncccc34)cs2)c1. The normalized spacial score (nSPS) is 12.6. The highest BCUT2D eigenvalue weighted by Gasteiger charge is 2.20. The second-order valence-electron chi connectivity index (χ2n) is 6.53. The first-order valence-electron chi connectivity index (χ1n) is 8.75. The topological polar surface area (TPSA) is 137 Å². The van der Waals surface area contributed by atoms with Gasteiger partial charge in [-0.05, 0) is 29.8 Å². The molecule has 0 saturated heterocycles. The van der Waals surface area contributed by atoms with Crippen LogP contribution in [0.2, 0.25) is 0 Å². The van der Waals surface area contributed by atoms with Crippen LogP contribution in [0.5, 0.6) is 0 Å². The van der Waals surface area contributed by atoms with Gasteiger partial charge in [0.1, 0.15) is 5.65 Å². The number of hydrogen-bond donors (Lipinski definition) is 4. The maximum Gasteiger partial charge on any atom is 0.259 e. The Balaban J connectivity index is 1.50. The molecule has 0 saturated carbocycles. The first-order chi connectivity index (χ1) is 14.3. The first kappa shape index (κ1) is 20.0. The van der Waals surface area contributed by atoms with Gasteiger partial charge in [0, 0.05) is 34.4 Å². The van der Waals surface area contributed by atoms with Crippen LogP contribution in [0.1, 0.15) is 11.7 Å². The highest BCUT2D eigenvalue weighted by Crippen LogP contribution is 2.30. The van der Waals surface area contributed by atoms with E-state index in [1.807, 2.05) is 12.1 Å². The van der Waals surface area contributed by atoms with Gasteiger partial charge in [-0.1, -0.05) is 12.1 Å². The van der Waals surface area contributed by atoms with E-state index >= 15 is 0 Å². The Morgan fingerprint density at radius 3 is 2.90 bits per heavy atom. The predicted octanol–water partition coefficient (Wildman–Crippen LogP) is 2.73. The number of aromatic amines is 1. The largest absolute Gasteiger partial charge is 0.378 e. The molecule has 4 N–H and O–H groups in total. The zero-order valence-electron chi connectivity index (χ0n) is 15.7.